The van der Waals surface area contributed by atoms with Gasteiger partial charge in [-0.2, -0.15) is 5.10 Å². The topological polar surface area (TPSA) is 71.7 Å². The number of rotatable bonds is 11. The highest BCUT2D eigenvalue weighted by Gasteiger charge is 2.15. The molecule has 6 heteroatoms. The molecule has 0 amide bonds. The Morgan fingerprint density at radius 1 is 1.08 bits per heavy atom. The molecular formula is C31H45ClN2O3. The van der Waals surface area contributed by atoms with Crippen molar-refractivity contribution in [3.8, 4) is 11.1 Å². The highest BCUT2D eigenvalue weighted by Crippen LogP contribution is 2.36. The number of aryl methyl sites for hydroxylation is 1. The summed E-state index contributed by atoms with van der Waals surface area (Å²) in [5, 5.41) is 14.1. The van der Waals surface area contributed by atoms with Crippen molar-refractivity contribution in [2.45, 2.75) is 106 Å². The van der Waals surface area contributed by atoms with E-state index in [2.05, 4.69) is 44.9 Å². The molecule has 1 aromatic carbocycles. The molecule has 2 heterocycles. The predicted molar refractivity (Wildman–Crippen MR) is 156 cm³/mol. The van der Waals surface area contributed by atoms with Gasteiger partial charge in [-0.25, -0.2) is 4.52 Å². The Kier molecular flexibility index (Phi) is 14.8. The number of pyridine rings is 1. The number of Topliss-reactive ketones (excluding diaryl/α,β-unsaturated/α-hetero) is 1. The number of carboxylic acids is 1. The Hall–Kier alpha value is -2.66. The molecule has 0 spiro atoms. The third kappa shape index (κ3) is 10.3. The number of carbonyl (C=O) groups excluding carboxylic acids is 1. The number of aromatic nitrogens is 2. The van der Waals surface area contributed by atoms with Crippen LogP contribution >= 0.6 is 11.6 Å². The fourth-order valence-electron chi connectivity index (χ4n) is 4.20. The summed E-state index contributed by atoms with van der Waals surface area (Å²) >= 11 is 6.71. The lowest BCUT2D eigenvalue weighted by molar-refractivity contribution is -0.136. The number of aliphatic carboxylic acids is 1. The average Bonchev–Trinajstić information content (AvgIpc) is 3.25. The average molecular weight is 529 g/mol. The highest BCUT2D eigenvalue weighted by atomic mass is 35.5. The van der Waals surface area contributed by atoms with Crippen LogP contribution in [0.4, 0.5) is 0 Å². The predicted octanol–water partition coefficient (Wildman–Crippen LogP) is 9.07. The fourth-order valence-corrected chi connectivity index (χ4v) is 4.58. The first kappa shape index (κ1) is 32.4. The van der Waals surface area contributed by atoms with Crippen LogP contribution in [-0.4, -0.2) is 26.5 Å². The molecule has 204 valence electrons. The summed E-state index contributed by atoms with van der Waals surface area (Å²) in [6, 6.07) is 8.27. The van der Waals surface area contributed by atoms with Crippen LogP contribution < -0.4 is 0 Å². The summed E-state index contributed by atoms with van der Waals surface area (Å²) in [6.45, 7) is 14.3. The molecule has 5 nitrogen and oxygen atoms in total. The van der Waals surface area contributed by atoms with Gasteiger partial charge in [0.15, 0.2) is 0 Å². The van der Waals surface area contributed by atoms with Gasteiger partial charge in [-0.1, -0.05) is 78.0 Å². The lowest BCUT2D eigenvalue weighted by Crippen LogP contribution is -2.00. The summed E-state index contributed by atoms with van der Waals surface area (Å²) in [6.07, 6.45) is 11.3. The molecule has 2 aromatic heterocycles. The van der Waals surface area contributed by atoms with Gasteiger partial charge in [-0.3, -0.25) is 4.79 Å². The molecular weight excluding hydrogens is 484 g/mol. The van der Waals surface area contributed by atoms with Crippen molar-refractivity contribution < 1.29 is 14.7 Å². The van der Waals surface area contributed by atoms with E-state index in [0.717, 1.165) is 46.5 Å². The van der Waals surface area contributed by atoms with Crippen molar-refractivity contribution in [3.05, 3.63) is 58.4 Å². The van der Waals surface area contributed by atoms with Gasteiger partial charge in [0, 0.05) is 28.8 Å². The van der Waals surface area contributed by atoms with E-state index in [4.69, 9.17) is 16.7 Å². The Bertz CT molecular complexity index is 1110. The van der Waals surface area contributed by atoms with Gasteiger partial charge in [0.25, 0.3) is 0 Å². The maximum Gasteiger partial charge on any atom is 0.307 e. The molecule has 1 N–H and O–H groups in total. The van der Waals surface area contributed by atoms with Crippen LogP contribution in [0.2, 0.25) is 5.02 Å². The lowest BCUT2D eigenvalue weighted by atomic mass is 9.90. The van der Waals surface area contributed by atoms with E-state index >= 15 is 0 Å². The molecule has 0 fully saturated rings. The molecule has 3 rings (SSSR count). The third-order valence-corrected chi connectivity index (χ3v) is 6.53. The van der Waals surface area contributed by atoms with E-state index in [-0.39, 0.29) is 6.42 Å². The molecule has 0 saturated heterocycles. The first-order chi connectivity index (χ1) is 17.7. The number of fused-ring (bicyclic) bond motifs is 1. The smallest absolute Gasteiger partial charge is 0.307 e. The van der Waals surface area contributed by atoms with Gasteiger partial charge in [0.05, 0.1) is 18.1 Å². The van der Waals surface area contributed by atoms with Gasteiger partial charge in [0.2, 0.25) is 0 Å². The standard InChI is InChI=1S/C23H27ClN2O2.C6H12O.C2H6/c1-4-5-6-7-15(2)18-10-16(3)23(20(24)11-18)17-8-9-26-21(12-17)19(14-25-26)13-22(27)28;1-3-4-5-6(2)7;1-2/h8-12,14-15H,4-7,13H2,1-3H3,(H,27,28);3-5H2,1-2H3;1-2H3. The normalized spacial score (nSPS) is 11.2. The van der Waals surface area contributed by atoms with Crippen LogP contribution in [0.5, 0.6) is 0 Å². The molecule has 0 aliphatic carbocycles. The maximum absolute atomic E-state index is 11.1. The SMILES string of the molecule is CC.CCCCC(C)=O.CCCCCC(C)c1cc(C)c(-c2ccn3ncc(CC(=O)O)c3c2)c(Cl)c1. The number of hydrogen-bond acceptors (Lipinski definition) is 3. The van der Waals surface area contributed by atoms with Crippen LogP contribution in [0.1, 0.15) is 109 Å². The van der Waals surface area contributed by atoms with Gasteiger partial charge in [-0.15, -0.1) is 0 Å². The van der Waals surface area contributed by atoms with Crippen molar-refractivity contribution in [1.82, 2.24) is 9.61 Å². The lowest BCUT2D eigenvalue weighted by Gasteiger charge is -2.17. The summed E-state index contributed by atoms with van der Waals surface area (Å²) in [5.41, 5.74) is 5.88. The maximum atomic E-state index is 11.1. The fraction of sp³-hybridized carbons (Fsp3) is 0.516. The van der Waals surface area contributed by atoms with Crippen LogP contribution in [-0.2, 0) is 16.0 Å². The first-order valence-corrected chi connectivity index (χ1v) is 14.0. The second-order valence-electron chi connectivity index (χ2n) is 9.38. The summed E-state index contributed by atoms with van der Waals surface area (Å²) in [4.78, 5) is 21.3. The number of nitrogens with zero attached hydrogens (tertiary/aromatic N) is 2. The van der Waals surface area contributed by atoms with E-state index in [1.807, 2.05) is 32.2 Å². The Morgan fingerprint density at radius 2 is 1.76 bits per heavy atom. The van der Waals surface area contributed by atoms with E-state index in [1.165, 1.54) is 31.2 Å². The molecule has 0 aliphatic heterocycles. The van der Waals surface area contributed by atoms with E-state index in [0.29, 0.717) is 17.3 Å². The Labute approximate surface area is 228 Å². The van der Waals surface area contributed by atoms with E-state index < -0.39 is 5.97 Å². The Morgan fingerprint density at radius 3 is 2.30 bits per heavy atom. The second kappa shape index (κ2) is 17.0. The first-order valence-electron chi connectivity index (χ1n) is 13.7. The van der Waals surface area contributed by atoms with Crippen LogP contribution in [0.3, 0.4) is 0 Å². The van der Waals surface area contributed by atoms with E-state index in [9.17, 15) is 9.59 Å². The van der Waals surface area contributed by atoms with Crippen molar-refractivity contribution in [2.75, 3.05) is 0 Å². The largest absolute Gasteiger partial charge is 0.481 e. The van der Waals surface area contributed by atoms with Gasteiger partial charge in [-0.05, 0) is 67.5 Å². The number of carbonyl (C=O) groups is 2. The number of carboxylic acid groups (broad SMARTS) is 1. The highest BCUT2D eigenvalue weighted by molar-refractivity contribution is 6.33. The molecule has 3 aromatic rings. The monoisotopic (exact) mass is 528 g/mol. The molecule has 0 saturated carbocycles. The zero-order chi connectivity index (χ0) is 28.0. The summed E-state index contributed by atoms with van der Waals surface area (Å²) in [5.74, 6) is -0.0749. The van der Waals surface area contributed by atoms with Crippen molar-refractivity contribution >= 4 is 28.9 Å². The van der Waals surface area contributed by atoms with Crippen LogP contribution in [0, 0.1) is 6.92 Å². The second-order valence-corrected chi connectivity index (χ2v) is 9.79. The Balaban J connectivity index is 0.000000659. The minimum atomic E-state index is -0.865. The van der Waals surface area contributed by atoms with Crippen molar-refractivity contribution in [3.63, 3.8) is 0 Å². The van der Waals surface area contributed by atoms with Gasteiger partial charge >= 0.3 is 5.97 Å². The van der Waals surface area contributed by atoms with Crippen molar-refractivity contribution in [1.29, 1.82) is 0 Å². The molecule has 1 unspecified atom stereocenters. The van der Waals surface area contributed by atoms with Gasteiger partial charge in [0.1, 0.15) is 5.78 Å². The molecule has 1 atom stereocenters. The van der Waals surface area contributed by atoms with E-state index in [1.54, 1.807) is 17.6 Å². The third-order valence-electron chi connectivity index (χ3n) is 6.23. The molecule has 0 bridgehead atoms. The minimum absolute atomic E-state index is 0.0477. The number of halogens is 1. The quantitative estimate of drug-likeness (QED) is 0.252. The zero-order valence-electron chi connectivity index (χ0n) is 23.7. The van der Waals surface area contributed by atoms with Crippen molar-refractivity contribution in [2.24, 2.45) is 0 Å². The number of ketones is 1. The number of hydrogen-bond donors (Lipinski definition) is 1. The van der Waals surface area contributed by atoms with Gasteiger partial charge < -0.3 is 9.90 Å². The summed E-state index contributed by atoms with van der Waals surface area (Å²) in [7, 11) is 0. The molecule has 37 heavy (non-hydrogen) atoms. The number of benzene rings is 1. The summed E-state index contributed by atoms with van der Waals surface area (Å²) < 4.78 is 1.70. The number of unbranched alkanes of at least 4 members (excludes halogenated alkanes) is 3. The zero-order valence-corrected chi connectivity index (χ0v) is 24.5. The minimum Gasteiger partial charge on any atom is -0.481 e. The van der Waals surface area contributed by atoms with Crippen LogP contribution in [0.15, 0.2) is 36.7 Å². The molecule has 0 aliphatic rings. The van der Waals surface area contributed by atoms with Crippen LogP contribution in [0.25, 0.3) is 16.6 Å². The molecule has 0 radical (unpaired) electrons.